The molecule has 0 aliphatic heterocycles. The number of anilines is 1. The third-order valence-corrected chi connectivity index (χ3v) is 3.42. The molecule has 1 atom stereocenters. The van der Waals surface area contributed by atoms with Gasteiger partial charge in [-0.2, -0.15) is 0 Å². The highest BCUT2D eigenvalue weighted by Gasteiger charge is 2.06. The molecule has 108 valence electrons. The second-order valence-corrected chi connectivity index (χ2v) is 5.54. The van der Waals surface area contributed by atoms with Gasteiger partial charge in [-0.05, 0) is 43.9 Å². The lowest BCUT2D eigenvalue weighted by Crippen LogP contribution is -2.25. The van der Waals surface area contributed by atoms with E-state index in [-0.39, 0.29) is 6.04 Å². The highest BCUT2D eigenvalue weighted by molar-refractivity contribution is 5.47. The van der Waals surface area contributed by atoms with Crippen molar-refractivity contribution >= 4 is 5.69 Å². The Morgan fingerprint density at radius 3 is 1.95 bits per heavy atom. The van der Waals surface area contributed by atoms with E-state index < -0.39 is 0 Å². The SMILES string of the molecule is CCCCN(CCCC)c1ccc(CC(C)N)cc1. The average molecular weight is 262 g/mol. The first kappa shape index (κ1) is 16.0. The summed E-state index contributed by atoms with van der Waals surface area (Å²) in [6, 6.07) is 9.20. The van der Waals surface area contributed by atoms with Crippen molar-refractivity contribution in [3.05, 3.63) is 29.8 Å². The third kappa shape index (κ3) is 6.11. The van der Waals surface area contributed by atoms with Crippen LogP contribution in [0.1, 0.15) is 52.0 Å². The van der Waals surface area contributed by atoms with E-state index in [1.165, 1.54) is 50.0 Å². The first-order valence-corrected chi connectivity index (χ1v) is 7.76. The number of nitrogens with two attached hydrogens (primary N) is 1. The maximum Gasteiger partial charge on any atom is 0.0366 e. The summed E-state index contributed by atoms with van der Waals surface area (Å²) in [7, 11) is 0. The molecule has 0 amide bonds. The van der Waals surface area contributed by atoms with E-state index in [0.717, 1.165) is 6.42 Å². The number of hydrogen-bond acceptors (Lipinski definition) is 2. The first-order chi connectivity index (χ1) is 9.17. The number of unbranched alkanes of at least 4 members (excludes halogenated alkanes) is 2. The Kier molecular flexibility index (Phi) is 7.57. The van der Waals surface area contributed by atoms with E-state index >= 15 is 0 Å². The Balaban J connectivity index is 2.66. The lowest BCUT2D eigenvalue weighted by Gasteiger charge is -2.25. The summed E-state index contributed by atoms with van der Waals surface area (Å²) in [5.74, 6) is 0. The molecule has 19 heavy (non-hydrogen) atoms. The van der Waals surface area contributed by atoms with Crippen molar-refractivity contribution in [3.8, 4) is 0 Å². The van der Waals surface area contributed by atoms with Gasteiger partial charge >= 0.3 is 0 Å². The molecule has 1 rings (SSSR count). The summed E-state index contributed by atoms with van der Waals surface area (Å²) in [6.45, 7) is 8.91. The van der Waals surface area contributed by atoms with Crippen LogP contribution in [0.2, 0.25) is 0 Å². The van der Waals surface area contributed by atoms with Gasteiger partial charge in [0, 0.05) is 24.8 Å². The van der Waals surface area contributed by atoms with E-state index in [2.05, 4.69) is 49.9 Å². The Bertz CT molecular complexity index is 322. The second kappa shape index (κ2) is 8.98. The minimum Gasteiger partial charge on any atom is -0.372 e. The van der Waals surface area contributed by atoms with Gasteiger partial charge in [-0.1, -0.05) is 38.8 Å². The zero-order valence-corrected chi connectivity index (χ0v) is 12.9. The number of rotatable bonds is 9. The maximum absolute atomic E-state index is 5.84. The Morgan fingerprint density at radius 1 is 1.00 bits per heavy atom. The molecule has 0 aliphatic rings. The molecule has 2 nitrogen and oxygen atoms in total. The topological polar surface area (TPSA) is 29.3 Å². The summed E-state index contributed by atoms with van der Waals surface area (Å²) >= 11 is 0. The summed E-state index contributed by atoms with van der Waals surface area (Å²) in [5.41, 5.74) is 8.54. The van der Waals surface area contributed by atoms with Crippen LogP contribution in [0.5, 0.6) is 0 Å². The quantitative estimate of drug-likeness (QED) is 0.729. The van der Waals surface area contributed by atoms with Crippen LogP contribution in [0.15, 0.2) is 24.3 Å². The van der Waals surface area contributed by atoms with Crippen LogP contribution in [0, 0.1) is 0 Å². The molecule has 1 aromatic rings. The number of benzene rings is 1. The van der Waals surface area contributed by atoms with Crippen LogP contribution >= 0.6 is 0 Å². The monoisotopic (exact) mass is 262 g/mol. The van der Waals surface area contributed by atoms with Gasteiger partial charge in [0.25, 0.3) is 0 Å². The Hall–Kier alpha value is -1.02. The van der Waals surface area contributed by atoms with Crippen LogP contribution in [0.3, 0.4) is 0 Å². The highest BCUT2D eigenvalue weighted by atomic mass is 15.1. The molecule has 0 saturated carbocycles. The second-order valence-electron chi connectivity index (χ2n) is 5.54. The van der Waals surface area contributed by atoms with Crippen molar-refractivity contribution in [2.75, 3.05) is 18.0 Å². The van der Waals surface area contributed by atoms with E-state index in [1.54, 1.807) is 0 Å². The summed E-state index contributed by atoms with van der Waals surface area (Å²) < 4.78 is 0. The predicted octanol–water partition coefficient (Wildman–Crippen LogP) is 3.98. The highest BCUT2D eigenvalue weighted by Crippen LogP contribution is 2.17. The van der Waals surface area contributed by atoms with E-state index in [4.69, 9.17) is 5.73 Å². The van der Waals surface area contributed by atoms with Crippen LogP contribution in [0.25, 0.3) is 0 Å². The molecular formula is C17H30N2. The van der Waals surface area contributed by atoms with Gasteiger partial charge in [-0.15, -0.1) is 0 Å². The van der Waals surface area contributed by atoms with E-state index in [9.17, 15) is 0 Å². The van der Waals surface area contributed by atoms with Gasteiger partial charge < -0.3 is 10.6 Å². The molecule has 1 unspecified atom stereocenters. The molecule has 0 heterocycles. The lowest BCUT2D eigenvalue weighted by molar-refractivity contribution is 0.677. The molecule has 0 bridgehead atoms. The van der Waals surface area contributed by atoms with Crippen LogP contribution in [-0.4, -0.2) is 19.1 Å². The van der Waals surface area contributed by atoms with E-state index in [1.807, 2.05) is 0 Å². The molecule has 2 N–H and O–H groups in total. The van der Waals surface area contributed by atoms with Gasteiger partial charge in [0.15, 0.2) is 0 Å². The van der Waals surface area contributed by atoms with Gasteiger partial charge in [0.1, 0.15) is 0 Å². The fraction of sp³-hybridized carbons (Fsp3) is 0.647. The first-order valence-electron chi connectivity index (χ1n) is 7.76. The molecule has 0 aromatic heterocycles. The largest absolute Gasteiger partial charge is 0.372 e. The summed E-state index contributed by atoms with van der Waals surface area (Å²) in [6.07, 6.45) is 6.01. The van der Waals surface area contributed by atoms with E-state index in [0.29, 0.717) is 0 Å². The molecule has 0 saturated heterocycles. The normalized spacial score (nSPS) is 12.4. The zero-order valence-electron chi connectivity index (χ0n) is 12.9. The minimum atomic E-state index is 0.238. The average Bonchev–Trinajstić information content (AvgIpc) is 2.39. The molecular weight excluding hydrogens is 232 g/mol. The molecule has 2 heteroatoms. The predicted molar refractivity (Wildman–Crippen MR) is 85.8 cm³/mol. The van der Waals surface area contributed by atoms with Crippen molar-refractivity contribution in [1.82, 2.24) is 0 Å². The van der Waals surface area contributed by atoms with Gasteiger partial charge in [-0.25, -0.2) is 0 Å². The van der Waals surface area contributed by atoms with Gasteiger partial charge in [-0.3, -0.25) is 0 Å². The smallest absolute Gasteiger partial charge is 0.0366 e. The summed E-state index contributed by atoms with van der Waals surface area (Å²) in [5, 5.41) is 0. The van der Waals surface area contributed by atoms with Crippen LogP contribution in [-0.2, 0) is 6.42 Å². The van der Waals surface area contributed by atoms with Gasteiger partial charge in [0.2, 0.25) is 0 Å². The van der Waals surface area contributed by atoms with Crippen molar-refractivity contribution in [2.24, 2.45) is 5.73 Å². The zero-order chi connectivity index (χ0) is 14.1. The minimum absolute atomic E-state index is 0.238. The van der Waals surface area contributed by atoms with Crippen LogP contribution in [0.4, 0.5) is 5.69 Å². The number of hydrogen-bond donors (Lipinski definition) is 1. The molecule has 0 radical (unpaired) electrons. The Labute approximate surface area is 119 Å². The standard InChI is InChI=1S/C17H30N2/c1-4-6-12-19(13-7-5-2)17-10-8-16(9-11-17)14-15(3)18/h8-11,15H,4-7,12-14,18H2,1-3H3. The maximum atomic E-state index is 5.84. The van der Waals surface area contributed by atoms with Crippen molar-refractivity contribution < 1.29 is 0 Å². The van der Waals surface area contributed by atoms with Crippen molar-refractivity contribution in [1.29, 1.82) is 0 Å². The molecule has 1 aromatic carbocycles. The molecule has 0 spiro atoms. The molecule has 0 aliphatic carbocycles. The Morgan fingerprint density at radius 2 is 1.53 bits per heavy atom. The van der Waals surface area contributed by atoms with Crippen molar-refractivity contribution in [3.63, 3.8) is 0 Å². The molecule has 0 fully saturated rings. The fourth-order valence-corrected chi connectivity index (χ4v) is 2.28. The third-order valence-electron chi connectivity index (χ3n) is 3.42. The summed E-state index contributed by atoms with van der Waals surface area (Å²) in [4.78, 5) is 2.52. The number of nitrogens with zero attached hydrogens (tertiary/aromatic N) is 1. The van der Waals surface area contributed by atoms with Crippen molar-refractivity contribution in [2.45, 2.75) is 58.9 Å². The van der Waals surface area contributed by atoms with Gasteiger partial charge in [0.05, 0.1) is 0 Å². The lowest BCUT2D eigenvalue weighted by atomic mass is 10.1. The van der Waals surface area contributed by atoms with Crippen LogP contribution < -0.4 is 10.6 Å². The fourth-order valence-electron chi connectivity index (χ4n) is 2.28.